The maximum absolute atomic E-state index is 8.96. The van der Waals surface area contributed by atoms with E-state index < -0.39 is 0 Å². The molecule has 2 rings (SSSR count). The summed E-state index contributed by atoms with van der Waals surface area (Å²) < 4.78 is 0. The fraction of sp³-hybridized carbons (Fsp3) is 0.300. The summed E-state index contributed by atoms with van der Waals surface area (Å²) in [6, 6.07) is 5.93. The van der Waals surface area contributed by atoms with Crippen LogP contribution in [0.4, 0.5) is 5.69 Å². The summed E-state index contributed by atoms with van der Waals surface area (Å²) in [5.41, 5.74) is 2.92. The average Bonchev–Trinajstić information content (AvgIpc) is 2.59. The largest absolute Gasteiger partial charge is 0.388 e. The zero-order valence-corrected chi connectivity index (χ0v) is 8.28. The van der Waals surface area contributed by atoms with E-state index in [2.05, 4.69) is 9.97 Å². The number of fused-ring (bicyclic) bond motifs is 1. The molecule has 0 aliphatic carbocycles. The number of rotatable bonds is 2. The second-order valence-corrected chi connectivity index (χ2v) is 3.41. The average molecular weight is 191 g/mol. The van der Waals surface area contributed by atoms with E-state index in [-0.39, 0.29) is 6.61 Å². The molecule has 0 amide bonds. The summed E-state index contributed by atoms with van der Waals surface area (Å²) in [4.78, 5) is 9.36. The molecule has 0 aliphatic rings. The topological polar surface area (TPSA) is 52.2 Å². The van der Waals surface area contributed by atoms with Crippen LogP contribution in [0.25, 0.3) is 11.0 Å². The van der Waals surface area contributed by atoms with Gasteiger partial charge >= 0.3 is 0 Å². The van der Waals surface area contributed by atoms with Crippen LogP contribution in [0.3, 0.4) is 0 Å². The van der Waals surface area contributed by atoms with Gasteiger partial charge in [0.2, 0.25) is 0 Å². The predicted octanol–water partition coefficient (Wildman–Crippen LogP) is 1.12. The molecule has 1 aromatic heterocycles. The molecule has 0 unspecified atom stereocenters. The van der Waals surface area contributed by atoms with E-state index in [1.165, 1.54) is 0 Å². The van der Waals surface area contributed by atoms with E-state index >= 15 is 0 Å². The van der Waals surface area contributed by atoms with Gasteiger partial charge in [-0.25, -0.2) is 4.98 Å². The molecule has 0 radical (unpaired) electrons. The number of aliphatic hydroxyl groups excluding tert-OH is 1. The molecule has 74 valence electrons. The van der Waals surface area contributed by atoms with Gasteiger partial charge in [-0.2, -0.15) is 0 Å². The molecule has 1 aromatic carbocycles. The molecule has 4 heteroatoms. The van der Waals surface area contributed by atoms with Crippen molar-refractivity contribution in [2.45, 2.75) is 6.61 Å². The number of imidazole rings is 1. The highest BCUT2D eigenvalue weighted by molar-refractivity contribution is 5.88. The van der Waals surface area contributed by atoms with Gasteiger partial charge in [0, 0.05) is 14.1 Å². The second-order valence-electron chi connectivity index (χ2n) is 3.41. The Morgan fingerprint density at radius 1 is 1.43 bits per heavy atom. The number of nitrogens with zero attached hydrogens (tertiary/aromatic N) is 2. The summed E-state index contributed by atoms with van der Waals surface area (Å²) in [5, 5.41) is 8.96. The van der Waals surface area contributed by atoms with Crippen LogP contribution in [-0.2, 0) is 6.61 Å². The van der Waals surface area contributed by atoms with Crippen LogP contribution in [0, 0.1) is 0 Å². The maximum Gasteiger partial charge on any atom is 0.133 e. The summed E-state index contributed by atoms with van der Waals surface area (Å²) in [7, 11) is 3.95. The van der Waals surface area contributed by atoms with Gasteiger partial charge < -0.3 is 15.0 Å². The van der Waals surface area contributed by atoms with Gasteiger partial charge in [0.25, 0.3) is 0 Å². The van der Waals surface area contributed by atoms with Crippen molar-refractivity contribution in [3.05, 3.63) is 24.0 Å². The molecule has 0 atom stereocenters. The minimum absolute atomic E-state index is 0.0540. The highest BCUT2D eigenvalue weighted by Crippen LogP contribution is 2.23. The second kappa shape index (κ2) is 3.31. The lowest BCUT2D eigenvalue weighted by molar-refractivity contribution is 0.273. The molecular formula is C10H13N3O. The zero-order valence-electron chi connectivity index (χ0n) is 8.28. The van der Waals surface area contributed by atoms with Crippen LogP contribution in [0.1, 0.15) is 5.82 Å². The van der Waals surface area contributed by atoms with Crippen LogP contribution in [-0.4, -0.2) is 29.2 Å². The SMILES string of the molecule is CN(C)c1cccc2[nH]c(CO)nc12. The molecule has 2 N–H and O–H groups in total. The van der Waals surface area contributed by atoms with Crippen molar-refractivity contribution < 1.29 is 5.11 Å². The lowest BCUT2D eigenvalue weighted by atomic mass is 10.2. The van der Waals surface area contributed by atoms with Gasteiger partial charge in [0.1, 0.15) is 17.9 Å². The van der Waals surface area contributed by atoms with Crippen molar-refractivity contribution in [1.82, 2.24) is 9.97 Å². The Morgan fingerprint density at radius 3 is 2.86 bits per heavy atom. The third-order valence-electron chi connectivity index (χ3n) is 2.17. The van der Waals surface area contributed by atoms with Crippen molar-refractivity contribution in [2.75, 3.05) is 19.0 Å². The summed E-state index contributed by atoms with van der Waals surface area (Å²) in [6.07, 6.45) is 0. The van der Waals surface area contributed by atoms with Crippen LogP contribution in [0.5, 0.6) is 0 Å². The molecule has 1 heterocycles. The lowest BCUT2D eigenvalue weighted by Crippen LogP contribution is -2.08. The van der Waals surface area contributed by atoms with Crippen LogP contribution in [0.15, 0.2) is 18.2 Å². The van der Waals surface area contributed by atoms with Crippen molar-refractivity contribution >= 4 is 16.7 Å². The van der Waals surface area contributed by atoms with Crippen molar-refractivity contribution in [3.8, 4) is 0 Å². The third-order valence-corrected chi connectivity index (χ3v) is 2.17. The van der Waals surface area contributed by atoms with Gasteiger partial charge in [-0.1, -0.05) is 6.07 Å². The third kappa shape index (κ3) is 1.33. The first kappa shape index (κ1) is 9.02. The van der Waals surface area contributed by atoms with E-state index in [1.807, 2.05) is 37.2 Å². The number of hydrogen-bond donors (Lipinski definition) is 2. The number of aliphatic hydroxyl groups is 1. The fourth-order valence-corrected chi connectivity index (χ4v) is 1.50. The molecule has 0 spiro atoms. The molecule has 0 bridgehead atoms. The molecule has 4 nitrogen and oxygen atoms in total. The van der Waals surface area contributed by atoms with Crippen LogP contribution in [0.2, 0.25) is 0 Å². The summed E-state index contributed by atoms with van der Waals surface area (Å²) in [6.45, 7) is -0.0540. The predicted molar refractivity (Wildman–Crippen MR) is 56.3 cm³/mol. The van der Waals surface area contributed by atoms with E-state index in [1.54, 1.807) is 0 Å². The summed E-state index contributed by atoms with van der Waals surface area (Å²) >= 11 is 0. The lowest BCUT2D eigenvalue weighted by Gasteiger charge is -2.11. The number of H-pyrrole nitrogens is 1. The van der Waals surface area contributed by atoms with Gasteiger partial charge in [-0.05, 0) is 12.1 Å². The number of aromatic amines is 1. The number of hydrogen-bond acceptors (Lipinski definition) is 3. The minimum atomic E-state index is -0.0540. The Hall–Kier alpha value is -1.55. The first-order valence-corrected chi connectivity index (χ1v) is 4.48. The Balaban J connectivity index is 2.66. The smallest absolute Gasteiger partial charge is 0.133 e. The number of anilines is 1. The number of aromatic nitrogens is 2. The molecule has 0 aliphatic heterocycles. The summed E-state index contributed by atoms with van der Waals surface area (Å²) in [5.74, 6) is 0.606. The molecular weight excluding hydrogens is 178 g/mol. The highest BCUT2D eigenvalue weighted by Gasteiger charge is 2.07. The molecule has 0 saturated heterocycles. The maximum atomic E-state index is 8.96. The van der Waals surface area contributed by atoms with Crippen LogP contribution >= 0.6 is 0 Å². The van der Waals surface area contributed by atoms with E-state index in [4.69, 9.17) is 5.11 Å². The van der Waals surface area contributed by atoms with Crippen molar-refractivity contribution in [3.63, 3.8) is 0 Å². The Bertz CT molecular complexity index is 448. The van der Waals surface area contributed by atoms with Crippen molar-refractivity contribution in [2.24, 2.45) is 0 Å². The van der Waals surface area contributed by atoms with Gasteiger partial charge in [-0.15, -0.1) is 0 Å². The first-order valence-electron chi connectivity index (χ1n) is 4.48. The van der Waals surface area contributed by atoms with Crippen molar-refractivity contribution in [1.29, 1.82) is 0 Å². The highest BCUT2D eigenvalue weighted by atomic mass is 16.3. The van der Waals surface area contributed by atoms with Crippen LogP contribution < -0.4 is 4.90 Å². The number of benzene rings is 1. The Morgan fingerprint density at radius 2 is 2.21 bits per heavy atom. The normalized spacial score (nSPS) is 10.8. The van der Waals surface area contributed by atoms with E-state index in [0.29, 0.717) is 5.82 Å². The molecule has 0 saturated carbocycles. The number of nitrogens with one attached hydrogen (secondary N) is 1. The Labute approximate surface area is 82.2 Å². The zero-order chi connectivity index (χ0) is 10.1. The Kier molecular flexibility index (Phi) is 2.13. The minimum Gasteiger partial charge on any atom is -0.388 e. The van der Waals surface area contributed by atoms with Gasteiger partial charge in [-0.3, -0.25) is 0 Å². The van der Waals surface area contributed by atoms with E-state index in [0.717, 1.165) is 16.7 Å². The quantitative estimate of drug-likeness (QED) is 0.748. The first-order chi connectivity index (χ1) is 6.72. The fourth-order valence-electron chi connectivity index (χ4n) is 1.50. The standard InChI is InChI=1S/C10H13N3O/c1-13(2)8-5-3-4-7-10(8)12-9(6-14)11-7/h3-5,14H,6H2,1-2H3,(H,11,12). The number of para-hydroxylation sites is 1. The van der Waals surface area contributed by atoms with E-state index in [9.17, 15) is 0 Å². The van der Waals surface area contributed by atoms with Gasteiger partial charge in [0.05, 0.1) is 11.2 Å². The molecule has 14 heavy (non-hydrogen) atoms. The van der Waals surface area contributed by atoms with Gasteiger partial charge in [0.15, 0.2) is 0 Å². The monoisotopic (exact) mass is 191 g/mol. The molecule has 0 fully saturated rings. The molecule has 2 aromatic rings.